The fourth-order valence-electron chi connectivity index (χ4n) is 2.69. The molecule has 1 aliphatic heterocycles. The van der Waals surface area contributed by atoms with Gasteiger partial charge in [-0.05, 0) is 18.6 Å². The minimum atomic E-state index is -0.0739. The zero-order valence-corrected chi connectivity index (χ0v) is 16.8. The largest absolute Gasteiger partial charge is 0.354 e. The fraction of sp³-hybridized carbons (Fsp3) is 0.562. The molecule has 1 aromatic rings. The van der Waals surface area contributed by atoms with Crippen molar-refractivity contribution in [3.05, 3.63) is 24.0 Å². The van der Waals surface area contributed by atoms with Gasteiger partial charge in [0.05, 0.1) is 6.54 Å². The molecule has 1 aliphatic rings. The van der Waals surface area contributed by atoms with Crippen LogP contribution < -0.4 is 5.32 Å². The molecular formula is C16H26IN5O2. The monoisotopic (exact) mass is 447 g/mol. The molecule has 1 N–H and O–H groups in total. The Bertz CT molecular complexity index is 583. The molecule has 0 bridgehead atoms. The number of aryl methyl sites for hydroxylation is 1. The van der Waals surface area contributed by atoms with Crippen LogP contribution in [0.2, 0.25) is 0 Å². The molecule has 134 valence electrons. The molecular weight excluding hydrogens is 421 g/mol. The van der Waals surface area contributed by atoms with Crippen molar-refractivity contribution in [2.75, 3.05) is 27.2 Å². The average molecular weight is 447 g/mol. The number of hydrogen-bond donors (Lipinski definition) is 1. The summed E-state index contributed by atoms with van der Waals surface area (Å²) in [7, 11) is 5.69. The Morgan fingerprint density at radius 3 is 2.54 bits per heavy atom. The summed E-state index contributed by atoms with van der Waals surface area (Å²) in [6.45, 7) is 1.61. The van der Waals surface area contributed by atoms with E-state index in [-0.39, 0.29) is 35.8 Å². The Hall–Kier alpha value is -1.58. The minimum absolute atomic E-state index is 0. The lowest BCUT2D eigenvalue weighted by Gasteiger charge is -2.26. The minimum Gasteiger partial charge on any atom is -0.354 e. The second kappa shape index (κ2) is 9.65. The third-order valence-electron chi connectivity index (χ3n) is 4.03. The number of piperidine rings is 1. The highest BCUT2D eigenvalue weighted by Crippen LogP contribution is 2.11. The molecule has 2 amide bonds. The lowest BCUT2D eigenvalue weighted by atomic mass is 10.1. The molecule has 0 unspecified atom stereocenters. The summed E-state index contributed by atoms with van der Waals surface area (Å²) in [6.07, 6.45) is 3.61. The maximum atomic E-state index is 11.8. The van der Waals surface area contributed by atoms with Crippen molar-refractivity contribution in [3.8, 4) is 0 Å². The van der Waals surface area contributed by atoms with Crippen molar-refractivity contribution >= 4 is 41.8 Å². The number of aliphatic imine (C=N–C) groups is 1. The van der Waals surface area contributed by atoms with Crippen LogP contribution in [0, 0.1) is 0 Å². The van der Waals surface area contributed by atoms with Gasteiger partial charge in [-0.25, -0.2) is 0 Å². The van der Waals surface area contributed by atoms with Crippen LogP contribution in [-0.4, -0.2) is 59.3 Å². The van der Waals surface area contributed by atoms with Gasteiger partial charge in [0, 0.05) is 59.0 Å². The summed E-state index contributed by atoms with van der Waals surface area (Å²) in [4.78, 5) is 31.1. The number of guanidine groups is 1. The van der Waals surface area contributed by atoms with E-state index < -0.39 is 0 Å². The van der Waals surface area contributed by atoms with Gasteiger partial charge < -0.3 is 14.8 Å². The van der Waals surface area contributed by atoms with Gasteiger partial charge in [0.25, 0.3) is 0 Å². The first-order valence-corrected chi connectivity index (χ1v) is 7.88. The highest BCUT2D eigenvalue weighted by atomic mass is 127. The summed E-state index contributed by atoms with van der Waals surface area (Å²) >= 11 is 0. The van der Waals surface area contributed by atoms with E-state index in [2.05, 4.69) is 20.9 Å². The Morgan fingerprint density at radius 2 is 2.00 bits per heavy atom. The van der Waals surface area contributed by atoms with Crippen molar-refractivity contribution < 1.29 is 9.59 Å². The lowest BCUT2D eigenvalue weighted by molar-refractivity contribution is -0.147. The van der Waals surface area contributed by atoms with Crippen molar-refractivity contribution in [1.29, 1.82) is 0 Å². The standard InChI is InChI=1S/C16H25N5O2.HI/c1-17-16(20(3)12-13-6-5-10-19(13)2)18-9-11-21-14(22)7-4-8-15(21)23;/h5-6,10H,4,7-9,11-12H2,1-3H3,(H,17,18);1H. The van der Waals surface area contributed by atoms with Crippen molar-refractivity contribution in [1.82, 2.24) is 19.7 Å². The molecule has 0 saturated carbocycles. The Morgan fingerprint density at radius 1 is 1.33 bits per heavy atom. The van der Waals surface area contributed by atoms with Crippen LogP contribution in [0.15, 0.2) is 23.3 Å². The second-order valence-electron chi connectivity index (χ2n) is 5.73. The van der Waals surface area contributed by atoms with Gasteiger partial charge in [-0.1, -0.05) is 0 Å². The first-order valence-electron chi connectivity index (χ1n) is 7.88. The molecule has 1 fully saturated rings. The van der Waals surface area contributed by atoms with Crippen LogP contribution in [0.1, 0.15) is 25.0 Å². The van der Waals surface area contributed by atoms with Gasteiger partial charge >= 0.3 is 0 Å². The summed E-state index contributed by atoms with van der Waals surface area (Å²) in [6, 6.07) is 4.07. The first kappa shape index (κ1) is 20.5. The number of halogens is 1. The maximum absolute atomic E-state index is 11.8. The third kappa shape index (κ3) is 5.22. The Labute approximate surface area is 160 Å². The number of hydrogen-bond acceptors (Lipinski definition) is 3. The van der Waals surface area contributed by atoms with Gasteiger partial charge in [-0.15, -0.1) is 24.0 Å². The van der Waals surface area contributed by atoms with Crippen LogP contribution in [0.25, 0.3) is 0 Å². The second-order valence-corrected chi connectivity index (χ2v) is 5.73. The molecule has 2 heterocycles. The highest BCUT2D eigenvalue weighted by Gasteiger charge is 2.25. The lowest BCUT2D eigenvalue weighted by Crippen LogP contribution is -2.46. The van der Waals surface area contributed by atoms with E-state index in [0.717, 1.165) is 12.5 Å². The fourth-order valence-corrected chi connectivity index (χ4v) is 2.69. The number of amides is 2. The van der Waals surface area contributed by atoms with Crippen LogP contribution in [0.5, 0.6) is 0 Å². The molecule has 0 aromatic carbocycles. The Kier molecular flexibility index (Phi) is 8.23. The zero-order chi connectivity index (χ0) is 16.8. The van der Waals surface area contributed by atoms with Crippen molar-refractivity contribution in [3.63, 3.8) is 0 Å². The SMILES string of the molecule is CN=C(NCCN1C(=O)CCCC1=O)N(C)Cc1cccn1C.I. The molecule has 7 nitrogen and oxygen atoms in total. The number of nitrogens with one attached hydrogen (secondary N) is 1. The third-order valence-corrected chi connectivity index (χ3v) is 4.03. The molecule has 0 radical (unpaired) electrons. The van der Waals surface area contributed by atoms with E-state index in [1.807, 2.05) is 31.3 Å². The number of nitrogens with zero attached hydrogens (tertiary/aromatic N) is 4. The first-order chi connectivity index (χ1) is 11.0. The number of carbonyl (C=O) groups is 2. The summed E-state index contributed by atoms with van der Waals surface area (Å²) in [5.41, 5.74) is 1.18. The van der Waals surface area contributed by atoms with Gasteiger partial charge in [0.15, 0.2) is 5.96 Å². The normalized spacial score (nSPS) is 15.3. The average Bonchev–Trinajstić information content (AvgIpc) is 2.91. The number of imide groups is 1. The van der Waals surface area contributed by atoms with Crippen LogP contribution in [-0.2, 0) is 23.2 Å². The van der Waals surface area contributed by atoms with E-state index in [0.29, 0.717) is 32.4 Å². The van der Waals surface area contributed by atoms with Crippen molar-refractivity contribution in [2.45, 2.75) is 25.8 Å². The number of carbonyl (C=O) groups excluding carboxylic acids is 2. The molecule has 0 aliphatic carbocycles. The predicted molar refractivity (Wildman–Crippen MR) is 104 cm³/mol. The van der Waals surface area contributed by atoms with E-state index in [1.165, 1.54) is 10.6 Å². The summed E-state index contributed by atoms with van der Waals surface area (Å²) in [5, 5.41) is 3.21. The zero-order valence-electron chi connectivity index (χ0n) is 14.5. The molecule has 1 aromatic heterocycles. The molecule has 0 atom stereocenters. The molecule has 24 heavy (non-hydrogen) atoms. The number of rotatable bonds is 5. The van der Waals surface area contributed by atoms with Gasteiger partial charge in [-0.2, -0.15) is 0 Å². The smallest absolute Gasteiger partial charge is 0.229 e. The van der Waals surface area contributed by atoms with E-state index >= 15 is 0 Å². The molecule has 0 spiro atoms. The maximum Gasteiger partial charge on any atom is 0.229 e. The summed E-state index contributed by atoms with van der Waals surface area (Å²) < 4.78 is 2.06. The quantitative estimate of drug-likeness (QED) is 0.319. The van der Waals surface area contributed by atoms with E-state index in [9.17, 15) is 9.59 Å². The number of likely N-dealkylation sites (tertiary alicyclic amines) is 1. The van der Waals surface area contributed by atoms with Crippen LogP contribution in [0.3, 0.4) is 0 Å². The molecule has 8 heteroatoms. The van der Waals surface area contributed by atoms with Crippen molar-refractivity contribution in [2.24, 2.45) is 12.0 Å². The molecule has 2 rings (SSSR count). The topological polar surface area (TPSA) is 69.9 Å². The Balaban J connectivity index is 0.00000288. The summed E-state index contributed by atoms with van der Waals surface area (Å²) in [5.74, 6) is 0.591. The molecule has 1 saturated heterocycles. The van der Waals surface area contributed by atoms with Crippen LogP contribution >= 0.6 is 24.0 Å². The van der Waals surface area contributed by atoms with E-state index in [1.54, 1.807) is 7.05 Å². The highest BCUT2D eigenvalue weighted by molar-refractivity contribution is 14.0. The van der Waals surface area contributed by atoms with Gasteiger partial charge in [0.1, 0.15) is 0 Å². The van der Waals surface area contributed by atoms with Crippen LogP contribution in [0.4, 0.5) is 0 Å². The predicted octanol–water partition coefficient (Wildman–Crippen LogP) is 1.19. The van der Waals surface area contributed by atoms with E-state index in [4.69, 9.17) is 0 Å². The van der Waals surface area contributed by atoms with Gasteiger partial charge in [0.2, 0.25) is 11.8 Å². The number of aromatic nitrogens is 1. The van der Waals surface area contributed by atoms with Gasteiger partial charge in [-0.3, -0.25) is 19.5 Å².